The fourth-order valence-corrected chi connectivity index (χ4v) is 4.30. The Kier molecular flexibility index (Phi) is 9.21. The van der Waals surface area contributed by atoms with Crippen molar-refractivity contribution in [2.45, 2.75) is 38.8 Å². The van der Waals surface area contributed by atoms with Crippen LogP contribution in [-0.2, 0) is 16.6 Å². The van der Waals surface area contributed by atoms with Crippen LogP contribution in [-0.4, -0.2) is 75.7 Å². The van der Waals surface area contributed by atoms with Crippen LogP contribution in [0.3, 0.4) is 0 Å². The zero-order valence-corrected chi connectivity index (χ0v) is 18.2. The van der Waals surface area contributed by atoms with Gasteiger partial charge in [0.1, 0.15) is 0 Å². The van der Waals surface area contributed by atoms with E-state index >= 15 is 0 Å². The molecule has 0 aliphatic carbocycles. The standard InChI is InChI=1S/C20H35N5O2S/c1-4-28(26,27)24(3)14-9-13-22-20(21-2)23-16-19-12-8-15-25(19)17-18-10-6-5-7-11-18/h5-7,10-11,19H,4,8-9,12-17H2,1-3H3,(H2,21,22,23). The van der Waals surface area contributed by atoms with E-state index in [0.717, 1.165) is 32.0 Å². The number of rotatable bonds is 10. The third-order valence-electron chi connectivity index (χ3n) is 5.24. The van der Waals surface area contributed by atoms with E-state index < -0.39 is 10.0 Å². The monoisotopic (exact) mass is 409 g/mol. The van der Waals surface area contributed by atoms with Gasteiger partial charge in [0.05, 0.1) is 5.75 Å². The van der Waals surface area contributed by atoms with Crippen LogP contribution in [0.2, 0.25) is 0 Å². The minimum atomic E-state index is -3.10. The van der Waals surface area contributed by atoms with E-state index in [1.807, 2.05) is 0 Å². The Morgan fingerprint density at radius 2 is 2.04 bits per heavy atom. The summed E-state index contributed by atoms with van der Waals surface area (Å²) in [5.74, 6) is 0.911. The molecule has 1 aromatic carbocycles. The molecule has 1 saturated heterocycles. The Bertz CT molecular complexity index is 709. The molecule has 0 aromatic heterocycles. The second-order valence-corrected chi connectivity index (χ2v) is 9.57. The van der Waals surface area contributed by atoms with E-state index in [1.54, 1.807) is 21.0 Å². The van der Waals surface area contributed by atoms with Crippen LogP contribution < -0.4 is 10.6 Å². The highest BCUT2D eigenvalue weighted by molar-refractivity contribution is 7.89. The van der Waals surface area contributed by atoms with Gasteiger partial charge in [-0.25, -0.2) is 12.7 Å². The number of hydrogen-bond acceptors (Lipinski definition) is 4. The van der Waals surface area contributed by atoms with Crippen molar-refractivity contribution >= 4 is 16.0 Å². The highest BCUT2D eigenvalue weighted by Gasteiger charge is 2.24. The van der Waals surface area contributed by atoms with Crippen LogP contribution in [0.15, 0.2) is 35.3 Å². The molecule has 7 nitrogen and oxygen atoms in total. The quantitative estimate of drug-likeness (QED) is 0.348. The minimum Gasteiger partial charge on any atom is -0.356 e. The molecular weight excluding hydrogens is 374 g/mol. The van der Waals surface area contributed by atoms with Crippen LogP contribution in [0.1, 0.15) is 31.7 Å². The molecule has 0 spiro atoms. The second-order valence-electron chi connectivity index (χ2n) is 7.21. The lowest BCUT2D eigenvalue weighted by atomic mass is 10.2. The molecule has 0 saturated carbocycles. The molecule has 2 N–H and O–H groups in total. The van der Waals surface area contributed by atoms with Crippen molar-refractivity contribution in [2.75, 3.05) is 46.0 Å². The van der Waals surface area contributed by atoms with Crippen molar-refractivity contribution in [3.05, 3.63) is 35.9 Å². The summed E-state index contributed by atoms with van der Waals surface area (Å²) < 4.78 is 24.9. The van der Waals surface area contributed by atoms with Gasteiger partial charge in [-0.2, -0.15) is 0 Å². The molecule has 28 heavy (non-hydrogen) atoms. The Labute approximate surface area is 170 Å². The van der Waals surface area contributed by atoms with E-state index in [0.29, 0.717) is 19.1 Å². The van der Waals surface area contributed by atoms with Crippen molar-refractivity contribution in [1.29, 1.82) is 0 Å². The van der Waals surface area contributed by atoms with E-state index in [2.05, 4.69) is 50.9 Å². The highest BCUT2D eigenvalue weighted by atomic mass is 32.2. The van der Waals surface area contributed by atoms with Crippen molar-refractivity contribution in [3.63, 3.8) is 0 Å². The molecule has 1 aliphatic rings. The van der Waals surface area contributed by atoms with Gasteiger partial charge in [-0.05, 0) is 38.3 Å². The highest BCUT2D eigenvalue weighted by Crippen LogP contribution is 2.19. The molecule has 0 bridgehead atoms. The van der Waals surface area contributed by atoms with Gasteiger partial charge in [0.15, 0.2) is 5.96 Å². The number of sulfonamides is 1. The first-order valence-electron chi connectivity index (χ1n) is 10.1. The maximum Gasteiger partial charge on any atom is 0.213 e. The molecule has 1 unspecified atom stereocenters. The fraction of sp³-hybridized carbons (Fsp3) is 0.650. The van der Waals surface area contributed by atoms with E-state index in [9.17, 15) is 8.42 Å². The third-order valence-corrected chi connectivity index (χ3v) is 7.10. The molecule has 158 valence electrons. The van der Waals surface area contributed by atoms with Gasteiger partial charge in [-0.15, -0.1) is 0 Å². The predicted molar refractivity (Wildman–Crippen MR) is 116 cm³/mol. The molecular formula is C20H35N5O2S. The number of nitrogens with zero attached hydrogens (tertiary/aromatic N) is 3. The maximum absolute atomic E-state index is 11.8. The van der Waals surface area contributed by atoms with Crippen LogP contribution in [0.25, 0.3) is 0 Å². The van der Waals surface area contributed by atoms with Gasteiger partial charge in [0, 0.05) is 46.3 Å². The van der Waals surface area contributed by atoms with Crippen LogP contribution in [0.5, 0.6) is 0 Å². The Balaban J connectivity index is 1.71. The molecule has 1 aromatic rings. The summed E-state index contributed by atoms with van der Waals surface area (Å²) in [6.45, 7) is 5.83. The van der Waals surface area contributed by atoms with Crippen molar-refractivity contribution in [3.8, 4) is 0 Å². The molecule has 0 radical (unpaired) electrons. The summed E-state index contributed by atoms with van der Waals surface area (Å²) in [7, 11) is 0.292. The Morgan fingerprint density at radius 3 is 2.71 bits per heavy atom. The summed E-state index contributed by atoms with van der Waals surface area (Å²) in [5, 5.41) is 6.70. The summed E-state index contributed by atoms with van der Waals surface area (Å²) >= 11 is 0. The SMILES string of the molecule is CCS(=O)(=O)N(C)CCCNC(=NC)NCC1CCCN1Cc1ccccc1. The lowest BCUT2D eigenvalue weighted by Gasteiger charge is -2.25. The average Bonchev–Trinajstić information content (AvgIpc) is 3.14. The number of nitrogens with one attached hydrogen (secondary N) is 2. The topological polar surface area (TPSA) is 77.0 Å². The number of benzene rings is 1. The third kappa shape index (κ3) is 7.07. The predicted octanol–water partition coefficient (Wildman–Crippen LogP) is 1.49. The van der Waals surface area contributed by atoms with Gasteiger partial charge in [0.2, 0.25) is 10.0 Å². The van der Waals surface area contributed by atoms with Crippen molar-refractivity contribution in [2.24, 2.45) is 4.99 Å². The zero-order valence-electron chi connectivity index (χ0n) is 17.4. The summed E-state index contributed by atoms with van der Waals surface area (Å²) in [6, 6.07) is 11.1. The Morgan fingerprint density at radius 1 is 1.29 bits per heavy atom. The van der Waals surface area contributed by atoms with Crippen molar-refractivity contribution in [1.82, 2.24) is 19.8 Å². The summed E-state index contributed by atoms with van der Waals surface area (Å²) in [4.78, 5) is 6.81. The van der Waals surface area contributed by atoms with Gasteiger partial charge < -0.3 is 10.6 Å². The molecule has 8 heteroatoms. The fourth-order valence-electron chi connectivity index (χ4n) is 3.46. The van der Waals surface area contributed by atoms with E-state index in [-0.39, 0.29) is 5.75 Å². The second kappa shape index (κ2) is 11.4. The smallest absolute Gasteiger partial charge is 0.213 e. The number of likely N-dealkylation sites (tertiary alicyclic amines) is 1. The van der Waals surface area contributed by atoms with E-state index in [1.165, 1.54) is 22.7 Å². The normalized spacial score (nSPS) is 18.6. The molecule has 1 heterocycles. The largest absolute Gasteiger partial charge is 0.356 e. The summed E-state index contributed by atoms with van der Waals surface area (Å²) in [6.07, 6.45) is 3.15. The molecule has 1 fully saturated rings. The van der Waals surface area contributed by atoms with Crippen LogP contribution in [0.4, 0.5) is 0 Å². The lowest BCUT2D eigenvalue weighted by Crippen LogP contribution is -2.45. The molecule has 2 rings (SSSR count). The maximum atomic E-state index is 11.8. The van der Waals surface area contributed by atoms with Crippen molar-refractivity contribution < 1.29 is 8.42 Å². The van der Waals surface area contributed by atoms with E-state index in [4.69, 9.17) is 0 Å². The molecule has 1 aliphatic heterocycles. The number of aliphatic imine (C=N–C) groups is 1. The molecule has 1 atom stereocenters. The number of guanidine groups is 1. The summed E-state index contributed by atoms with van der Waals surface area (Å²) in [5.41, 5.74) is 1.35. The first-order chi connectivity index (χ1) is 13.5. The first kappa shape index (κ1) is 22.6. The first-order valence-corrected chi connectivity index (χ1v) is 11.7. The number of hydrogen-bond donors (Lipinski definition) is 2. The average molecular weight is 410 g/mol. The van der Waals surface area contributed by atoms with Gasteiger partial charge in [0.25, 0.3) is 0 Å². The van der Waals surface area contributed by atoms with Gasteiger partial charge >= 0.3 is 0 Å². The lowest BCUT2D eigenvalue weighted by molar-refractivity contribution is 0.245. The van der Waals surface area contributed by atoms with Crippen LogP contribution >= 0.6 is 0 Å². The van der Waals surface area contributed by atoms with Gasteiger partial charge in [-0.3, -0.25) is 9.89 Å². The van der Waals surface area contributed by atoms with Gasteiger partial charge in [-0.1, -0.05) is 30.3 Å². The minimum absolute atomic E-state index is 0.140. The Hall–Kier alpha value is -1.64. The zero-order chi connectivity index (χ0) is 20.4. The van der Waals surface area contributed by atoms with Crippen LogP contribution in [0, 0.1) is 0 Å². The molecule has 0 amide bonds.